The highest BCUT2D eigenvalue weighted by Crippen LogP contribution is 2.27. The van der Waals surface area contributed by atoms with Gasteiger partial charge in [0, 0.05) is 6.20 Å². The molecule has 1 amide bonds. The summed E-state index contributed by atoms with van der Waals surface area (Å²) in [4.78, 5) is 22.2. The molecule has 1 fully saturated rings. The fourth-order valence-electron chi connectivity index (χ4n) is 2.53. The van der Waals surface area contributed by atoms with Crippen molar-refractivity contribution in [2.24, 2.45) is 0 Å². The maximum Gasteiger partial charge on any atom is 0.416 e. The number of ether oxygens (including phenoxy) is 1. The van der Waals surface area contributed by atoms with E-state index in [0.717, 1.165) is 5.56 Å². The first-order chi connectivity index (χ1) is 10.9. The maximum atomic E-state index is 12.0. The normalized spacial score (nSPS) is 17.7. The Morgan fingerprint density at radius 1 is 1.26 bits per heavy atom. The van der Waals surface area contributed by atoms with Crippen LogP contribution in [0.25, 0.3) is 0 Å². The number of benzene rings is 1. The Balaban J connectivity index is 1.77. The number of nitrogens with one attached hydrogen (secondary N) is 1. The number of aromatic nitrogens is 2. The summed E-state index contributed by atoms with van der Waals surface area (Å²) in [7, 11) is 0. The fourth-order valence-corrected chi connectivity index (χ4v) is 2.53. The van der Waals surface area contributed by atoms with Gasteiger partial charge in [-0.2, -0.15) is 4.98 Å². The minimum absolute atomic E-state index is 0.0634. The predicted molar refractivity (Wildman–Crippen MR) is 88.4 cm³/mol. The van der Waals surface area contributed by atoms with Gasteiger partial charge in [-0.05, 0) is 32.4 Å². The lowest BCUT2D eigenvalue weighted by Crippen LogP contribution is -2.29. The molecule has 0 radical (unpaired) electrons. The van der Waals surface area contributed by atoms with Crippen molar-refractivity contribution >= 4 is 17.9 Å². The first kappa shape index (κ1) is 15.3. The van der Waals surface area contributed by atoms with Crippen LogP contribution >= 0.6 is 0 Å². The number of carbonyl (C=O) groups is 1. The molecule has 6 heteroatoms. The Morgan fingerprint density at radius 2 is 2.00 bits per heavy atom. The summed E-state index contributed by atoms with van der Waals surface area (Å²) < 4.78 is 5.31. The average Bonchev–Trinajstić information content (AvgIpc) is 2.81. The number of cyclic esters (lactones) is 1. The number of hydrogen-bond acceptors (Lipinski definition) is 5. The van der Waals surface area contributed by atoms with Crippen LogP contribution in [0.15, 0.2) is 42.6 Å². The number of carbonyl (C=O) groups excluding carboxylic acids is 1. The number of hydrogen-bond donors (Lipinski definition) is 1. The molecule has 120 valence electrons. The zero-order chi connectivity index (χ0) is 16.4. The topological polar surface area (TPSA) is 67.3 Å². The quantitative estimate of drug-likeness (QED) is 0.937. The van der Waals surface area contributed by atoms with E-state index in [0.29, 0.717) is 18.3 Å². The molecule has 0 unspecified atom stereocenters. The monoisotopic (exact) mass is 312 g/mol. The molecule has 0 spiro atoms. The van der Waals surface area contributed by atoms with Crippen LogP contribution in [-0.4, -0.2) is 28.2 Å². The molecule has 0 aliphatic carbocycles. The summed E-state index contributed by atoms with van der Waals surface area (Å²) in [5, 5.41) is 3.26. The number of anilines is 2. The second-order valence-electron chi connectivity index (χ2n) is 6.23. The van der Waals surface area contributed by atoms with Gasteiger partial charge in [-0.3, -0.25) is 4.90 Å². The van der Waals surface area contributed by atoms with Crippen LogP contribution in [0, 0.1) is 0 Å². The zero-order valence-electron chi connectivity index (χ0n) is 13.5. The van der Waals surface area contributed by atoms with Gasteiger partial charge in [-0.1, -0.05) is 30.3 Å². The van der Waals surface area contributed by atoms with E-state index in [2.05, 4.69) is 15.3 Å². The minimum atomic E-state index is -0.507. The van der Waals surface area contributed by atoms with Crippen molar-refractivity contribution in [3.63, 3.8) is 0 Å². The average molecular weight is 312 g/mol. The molecule has 0 bridgehead atoms. The van der Waals surface area contributed by atoms with E-state index in [1.807, 2.05) is 51.1 Å². The second kappa shape index (κ2) is 5.87. The maximum absolute atomic E-state index is 12.0. The van der Waals surface area contributed by atoms with Crippen LogP contribution in [0.3, 0.4) is 0 Å². The summed E-state index contributed by atoms with van der Waals surface area (Å²) in [5.74, 6) is 1.02. The Kier molecular flexibility index (Phi) is 3.90. The van der Waals surface area contributed by atoms with E-state index < -0.39 is 5.60 Å². The van der Waals surface area contributed by atoms with Gasteiger partial charge in [0.25, 0.3) is 0 Å². The lowest BCUT2D eigenvalue weighted by Gasteiger charge is -2.17. The number of amides is 1. The molecule has 1 aliphatic heterocycles. The highest BCUT2D eigenvalue weighted by molar-refractivity contribution is 5.89. The molecule has 1 atom stereocenters. The highest BCUT2D eigenvalue weighted by Gasteiger charge is 2.39. The Labute approximate surface area is 135 Å². The van der Waals surface area contributed by atoms with Crippen LogP contribution < -0.4 is 10.2 Å². The van der Waals surface area contributed by atoms with Crippen molar-refractivity contribution in [1.29, 1.82) is 0 Å². The van der Waals surface area contributed by atoms with Crippen molar-refractivity contribution in [1.82, 2.24) is 9.97 Å². The largest absolute Gasteiger partial charge is 0.441 e. The second-order valence-corrected chi connectivity index (χ2v) is 6.23. The zero-order valence-corrected chi connectivity index (χ0v) is 13.5. The van der Waals surface area contributed by atoms with Crippen LogP contribution in [-0.2, 0) is 4.74 Å². The lowest BCUT2D eigenvalue weighted by molar-refractivity contribution is 0.0871. The van der Waals surface area contributed by atoms with E-state index >= 15 is 0 Å². The summed E-state index contributed by atoms with van der Waals surface area (Å²) in [6, 6.07) is 11.8. The Bertz CT molecular complexity index is 703. The van der Waals surface area contributed by atoms with Crippen LogP contribution in [0.5, 0.6) is 0 Å². The van der Waals surface area contributed by atoms with Gasteiger partial charge in [0.15, 0.2) is 0 Å². The van der Waals surface area contributed by atoms with E-state index in [9.17, 15) is 4.79 Å². The number of nitrogens with zero attached hydrogens (tertiary/aromatic N) is 3. The van der Waals surface area contributed by atoms with Gasteiger partial charge in [0.2, 0.25) is 5.95 Å². The first-order valence-electron chi connectivity index (χ1n) is 7.60. The third-order valence-electron chi connectivity index (χ3n) is 3.69. The van der Waals surface area contributed by atoms with Gasteiger partial charge >= 0.3 is 6.09 Å². The van der Waals surface area contributed by atoms with Crippen LogP contribution in [0.2, 0.25) is 0 Å². The van der Waals surface area contributed by atoms with Crippen molar-refractivity contribution < 1.29 is 9.53 Å². The summed E-state index contributed by atoms with van der Waals surface area (Å²) >= 11 is 0. The van der Waals surface area contributed by atoms with Gasteiger partial charge in [0.1, 0.15) is 11.4 Å². The van der Waals surface area contributed by atoms with Crippen LogP contribution in [0.4, 0.5) is 16.6 Å². The molecule has 3 rings (SSSR count). The number of rotatable bonds is 4. The SMILES string of the molecule is C[C@H](Nc1nccc(N2CC(C)(C)OC2=O)n1)c1ccccc1. The van der Waals surface area contributed by atoms with Gasteiger partial charge in [-0.25, -0.2) is 9.78 Å². The van der Waals surface area contributed by atoms with E-state index in [-0.39, 0.29) is 12.1 Å². The summed E-state index contributed by atoms with van der Waals surface area (Å²) in [6.45, 7) is 6.26. The molecule has 0 saturated carbocycles. The molecule has 1 aromatic heterocycles. The molecule has 1 N–H and O–H groups in total. The fraction of sp³-hybridized carbons (Fsp3) is 0.353. The predicted octanol–water partition coefficient (Wildman–Crippen LogP) is 3.38. The molecule has 2 heterocycles. The Morgan fingerprint density at radius 3 is 2.65 bits per heavy atom. The summed E-state index contributed by atoms with van der Waals surface area (Å²) in [5.41, 5.74) is 0.635. The van der Waals surface area contributed by atoms with E-state index in [1.54, 1.807) is 12.3 Å². The standard InChI is InChI=1S/C17H20N4O2/c1-12(13-7-5-4-6-8-13)19-15-18-10-9-14(20-15)21-11-17(2,3)23-16(21)22/h4-10,12H,11H2,1-3H3,(H,18,19,20)/t12-/m0/s1. The van der Waals surface area contributed by atoms with Gasteiger partial charge in [0.05, 0.1) is 12.6 Å². The molecule has 1 aromatic carbocycles. The van der Waals surface area contributed by atoms with E-state index in [4.69, 9.17) is 4.74 Å². The third-order valence-corrected chi connectivity index (χ3v) is 3.69. The van der Waals surface area contributed by atoms with Gasteiger partial charge in [-0.15, -0.1) is 0 Å². The highest BCUT2D eigenvalue weighted by atomic mass is 16.6. The molecule has 1 saturated heterocycles. The molecule has 1 aliphatic rings. The van der Waals surface area contributed by atoms with Crippen molar-refractivity contribution in [3.05, 3.63) is 48.2 Å². The first-order valence-corrected chi connectivity index (χ1v) is 7.60. The molecule has 23 heavy (non-hydrogen) atoms. The third kappa shape index (κ3) is 3.41. The van der Waals surface area contributed by atoms with E-state index in [1.165, 1.54) is 4.90 Å². The van der Waals surface area contributed by atoms with Crippen LogP contribution in [0.1, 0.15) is 32.4 Å². The molecular formula is C17H20N4O2. The van der Waals surface area contributed by atoms with Gasteiger partial charge < -0.3 is 10.1 Å². The molecule has 2 aromatic rings. The Hall–Kier alpha value is -2.63. The van der Waals surface area contributed by atoms with Crippen molar-refractivity contribution in [3.8, 4) is 0 Å². The van der Waals surface area contributed by atoms with Crippen molar-refractivity contribution in [2.45, 2.75) is 32.4 Å². The summed E-state index contributed by atoms with van der Waals surface area (Å²) in [6.07, 6.45) is 1.26. The van der Waals surface area contributed by atoms with Crippen molar-refractivity contribution in [2.75, 3.05) is 16.8 Å². The smallest absolute Gasteiger partial charge is 0.416 e. The minimum Gasteiger partial charge on any atom is -0.441 e. The lowest BCUT2D eigenvalue weighted by atomic mass is 10.1. The molecule has 6 nitrogen and oxygen atoms in total. The molecular weight excluding hydrogens is 292 g/mol.